The molecule has 1 saturated heterocycles. The van der Waals surface area contributed by atoms with Crippen LogP contribution in [0, 0.1) is 0 Å². The average Bonchev–Trinajstić information content (AvgIpc) is 2.87. The number of hydrogen-bond acceptors (Lipinski definition) is 5. The molecule has 0 bridgehead atoms. The van der Waals surface area contributed by atoms with Crippen LogP contribution < -0.4 is 16.0 Å². The minimum absolute atomic E-state index is 0.0218. The topological polar surface area (TPSA) is 86.4 Å². The third-order valence-electron chi connectivity index (χ3n) is 4.57. The van der Waals surface area contributed by atoms with Crippen molar-refractivity contribution < 1.29 is 9.59 Å². The van der Waals surface area contributed by atoms with Gasteiger partial charge in [-0.25, -0.2) is 9.78 Å². The van der Waals surface area contributed by atoms with Crippen molar-refractivity contribution in [2.45, 2.75) is 35.2 Å². The smallest absolute Gasteiger partial charge is 0.319 e. The molecule has 3 aliphatic heterocycles. The number of urea groups is 1. The molecule has 0 radical (unpaired) electrons. The molecular formula is C15H19N5O2S. The summed E-state index contributed by atoms with van der Waals surface area (Å²) in [6.07, 6.45) is 3.76. The Balaban J connectivity index is 1.53. The van der Waals surface area contributed by atoms with Crippen LogP contribution in [0.5, 0.6) is 0 Å². The summed E-state index contributed by atoms with van der Waals surface area (Å²) in [5.74, 6) is -0.0218. The molecule has 4 rings (SSSR count). The van der Waals surface area contributed by atoms with Gasteiger partial charge in [0.25, 0.3) is 0 Å². The Morgan fingerprint density at radius 3 is 3.22 bits per heavy atom. The van der Waals surface area contributed by atoms with Gasteiger partial charge in [0.1, 0.15) is 10.3 Å². The van der Waals surface area contributed by atoms with Crippen molar-refractivity contribution in [1.29, 1.82) is 0 Å². The van der Waals surface area contributed by atoms with Crippen molar-refractivity contribution in [2.24, 2.45) is 0 Å². The van der Waals surface area contributed by atoms with Gasteiger partial charge < -0.3 is 20.9 Å². The van der Waals surface area contributed by atoms with Crippen LogP contribution in [0.25, 0.3) is 0 Å². The summed E-state index contributed by atoms with van der Waals surface area (Å²) >= 11 is 1.43. The van der Waals surface area contributed by atoms with E-state index < -0.39 is 0 Å². The number of anilines is 1. The molecule has 1 aromatic rings. The fourth-order valence-electron chi connectivity index (χ4n) is 3.52. The van der Waals surface area contributed by atoms with Gasteiger partial charge in [-0.05, 0) is 32.5 Å². The highest BCUT2D eigenvalue weighted by molar-refractivity contribution is 8.01. The van der Waals surface area contributed by atoms with E-state index >= 15 is 0 Å². The highest BCUT2D eigenvalue weighted by atomic mass is 32.2. The SMILES string of the molecule is CN1CCCC(NC(=O)[C@@H]2Sc3nccc4c3C2NC(=O)N4)C1. The van der Waals surface area contributed by atoms with Crippen LogP contribution in [-0.2, 0) is 4.79 Å². The number of nitrogens with zero attached hydrogens (tertiary/aromatic N) is 2. The summed E-state index contributed by atoms with van der Waals surface area (Å²) in [5.41, 5.74) is 1.68. The van der Waals surface area contributed by atoms with Crippen LogP contribution in [0.4, 0.5) is 10.5 Å². The zero-order valence-electron chi connectivity index (χ0n) is 12.8. The van der Waals surface area contributed by atoms with E-state index in [-0.39, 0.29) is 29.3 Å². The number of nitrogens with one attached hydrogen (secondary N) is 3. The summed E-state index contributed by atoms with van der Waals surface area (Å²) < 4.78 is 0. The lowest BCUT2D eigenvalue weighted by molar-refractivity contribution is -0.122. The molecule has 0 saturated carbocycles. The second kappa shape index (κ2) is 5.68. The average molecular weight is 333 g/mol. The first-order valence-corrected chi connectivity index (χ1v) is 8.72. The molecule has 0 aliphatic carbocycles. The number of pyridine rings is 1. The van der Waals surface area contributed by atoms with Crippen LogP contribution in [0.15, 0.2) is 17.3 Å². The molecular weight excluding hydrogens is 314 g/mol. The molecule has 1 aromatic heterocycles. The van der Waals surface area contributed by atoms with Crippen LogP contribution >= 0.6 is 11.8 Å². The molecule has 0 spiro atoms. The third-order valence-corrected chi connectivity index (χ3v) is 5.86. The van der Waals surface area contributed by atoms with Crippen LogP contribution in [0.2, 0.25) is 0 Å². The van der Waals surface area contributed by atoms with Gasteiger partial charge in [0.2, 0.25) is 5.91 Å². The Hall–Kier alpha value is -1.80. The highest BCUT2D eigenvalue weighted by Gasteiger charge is 2.44. The molecule has 23 heavy (non-hydrogen) atoms. The molecule has 3 amide bonds. The first kappa shape index (κ1) is 14.8. The van der Waals surface area contributed by atoms with Gasteiger partial charge in [-0.2, -0.15) is 0 Å². The largest absolute Gasteiger partial charge is 0.351 e. The minimum Gasteiger partial charge on any atom is -0.351 e. The number of carbonyl (C=O) groups excluding carboxylic acids is 2. The van der Waals surface area contributed by atoms with Crippen molar-refractivity contribution in [3.8, 4) is 0 Å². The lowest BCUT2D eigenvalue weighted by Gasteiger charge is -2.32. The van der Waals surface area contributed by atoms with Crippen LogP contribution in [-0.4, -0.2) is 53.3 Å². The van der Waals surface area contributed by atoms with Gasteiger partial charge in [-0.3, -0.25) is 4.79 Å². The fraction of sp³-hybridized carbons (Fsp3) is 0.533. The zero-order valence-corrected chi connectivity index (χ0v) is 13.7. The van der Waals surface area contributed by atoms with E-state index in [9.17, 15) is 9.59 Å². The van der Waals surface area contributed by atoms with Gasteiger partial charge in [-0.15, -0.1) is 0 Å². The first-order chi connectivity index (χ1) is 11.1. The number of carbonyl (C=O) groups is 2. The molecule has 8 heteroatoms. The number of rotatable bonds is 2. The Labute approximate surface area is 138 Å². The van der Waals surface area contributed by atoms with Crippen LogP contribution in [0.1, 0.15) is 24.4 Å². The lowest BCUT2D eigenvalue weighted by Crippen LogP contribution is -2.51. The second-order valence-corrected chi connectivity index (χ2v) is 7.43. The normalized spacial score (nSPS) is 29.4. The molecule has 4 heterocycles. The Bertz CT molecular complexity index is 667. The maximum absolute atomic E-state index is 12.8. The predicted octanol–water partition coefficient (Wildman–Crippen LogP) is 0.942. The summed E-state index contributed by atoms with van der Waals surface area (Å²) in [4.78, 5) is 31.2. The van der Waals surface area contributed by atoms with Crippen LogP contribution in [0.3, 0.4) is 0 Å². The molecule has 1 fully saturated rings. The number of hydrogen-bond donors (Lipinski definition) is 3. The lowest BCUT2D eigenvalue weighted by atomic mass is 10.0. The maximum atomic E-state index is 12.8. The Morgan fingerprint density at radius 1 is 1.52 bits per heavy atom. The van der Waals surface area contributed by atoms with Crippen molar-refractivity contribution in [3.63, 3.8) is 0 Å². The van der Waals surface area contributed by atoms with Gasteiger partial charge in [0.15, 0.2) is 0 Å². The Morgan fingerprint density at radius 2 is 2.39 bits per heavy atom. The standard InChI is InChI=1S/C15H19N5O2S/c1-20-6-2-3-8(7-20)17-13(21)12-11-10-9(18-15(22)19-11)4-5-16-14(10)23-12/h4-5,8,11-12H,2-3,6-7H2,1H3,(H,17,21)(H2,18,19,22)/t8?,11?,12-/m1/s1. The summed E-state index contributed by atoms with van der Waals surface area (Å²) in [7, 11) is 2.07. The number of likely N-dealkylation sites (tertiary alicyclic amines) is 1. The molecule has 3 N–H and O–H groups in total. The zero-order chi connectivity index (χ0) is 16.0. The number of amides is 3. The van der Waals surface area contributed by atoms with Crippen molar-refractivity contribution in [3.05, 3.63) is 17.8 Å². The maximum Gasteiger partial charge on any atom is 0.319 e. The predicted molar refractivity (Wildman–Crippen MR) is 87.4 cm³/mol. The molecule has 3 atom stereocenters. The summed E-state index contributed by atoms with van der Waals surface area (Å²) in [6, 6.07) is 1.38. The summed E-state index contributed by atoms with van der Waals surface area (Å²) in [6.45, 7) is 1.95. The quantitative estimate of drug-likeness (QED) is 0.750. The Kier molecular flexibility index (Phi) is 3.65. The van der Waals surface area contributed by atoms with Crippen molar-refractivity contribution in [2.75, 3.05) is 25.5 Å². The van der Waals surface area contributed by atoms with Crippen molar-refractivity contribution in [1.82, 2.24) is 20.5 Å². The van der Waals surface area contributed by atoms with E-state index in [1.807, 2.05) is 0 Å². The van der Waals surface area contributed by atoms with Crippen molar-refractivity contribution >= 4 is 29.4 Å². The molecule has 3 aliphatic rings. The van der Waals surface area contributed by atoms with E-state index in [0.717, 1.165) is 42.2 Å². The van der Waals surface area contributed by atoms with Gasteiger partial charge in [-0.1, -0.05) is 11.8 Å². The number of aromatic nitrogens is 1. The van der Waals surface area contributed by atoms with Gasteiger partial charge in [0, 0.05) is 24.3 Å². The third kappa shape index (κ3) is 2.66. The van der Waals surface area contributed by atoms with E-state index in [0.29, 0.717) is 0 Å². The van der Waals surface area contributed by atoms with E-state index in [4.69, 9.17) is 0 Å². The van der Waals surface area contributed by atoms with E-state index in [1.54, 1.807) is 12.3 Å². The van der Waals surface area contributed by atoms with Gasteiger partial charge in [0.05, 0.1) is 11.7 Å². The first-order valence-electron chi connectivity index (χ1n) is 7.84. The highest BCUT2D eigenvalue weighted by Crippen LogP contribution is 2.47. The number of thioether (sulfide) groups is 1. The molecule has 0 aromatic carbocycles. The van der Waals surface area contributed by atoms with Gasteiger partial charge >= 0.3 is 6.03 Å². The molecule has 2 unspecified atom stereocenters. The van der Waals surface area contributed by atoms with E-state index in [2.05, 4.69) is 32.9 Å². The van der Waals surface area contributed by atoms with E-state index in [1.165, 1.54) is 11.8 Å². The second-order valence-electron chi connectivity index (χ2n) is 6.30. The number of piperidine rings is 1. The summed E-state index contributed by atoms with van der Waals surface area (Å²) in [5, 5.41) is 9.25. The fourth-order valence-corrected chi connectivity index (χ4v) is 4.76. The monoisotopic (exact) mass is 333 g/mol. The molecule has 7 nitrogen and oxygen atoms in total. The minimum atomic E-state index is -0.364. The molecule has 122 valence electrons. The number of likely N-dealkylation sites (N-methyl/N-ethyl adjacent to an activating group) is 1.